The molecule has 0 spiro atoms. The summed E-state index contributed by atoms with van der Waals surface area (Å²) in [4.78, 5) is 11.5. The predicted octanol–water partition coefficient (Wildman–Crippen LogP) is 1.82. The summed E-state index contributed by atoms with van der Waals surface area (Å²) in [5.74, 6) is -2.77. The second-order valence-electron chi connectivity index (χ2n) is 3.81. The zero-order valence-electron chi connectivity index (χ0n) is 9.67. The van der Waals surface area contributed by atoms with E-state index in [9.17, 15) is 13.6 Å². The van der Waals surface area contributed by atoms with Crippen LogP contribution < -0.4 is 11.1 Å². The van der Waals surface area contributed by atoms with Gasteiger partial charge in [0, 0.05) is 12.6 Å². The molecule has 0 radical (unpaired) electrons. The Labute approximate surface area is 99.0 Å². The molecule has 0 saturated carbocycles. The van der Waals surface area contributed by atoms with Gasteiger partial charge < -0.3 is 11.1 Å². The van der Waals surface area contributed by atoms with Crippen molar-refractivity contribution in [3.05, 3.63) is 35.4 Å². The fourth-order valence-corrected chi connectivity index (χ4v) is 1.35. The maximum absolute atomic E-state index is 13.2. The molecule has 0 aliphatic rings. The maximum Gasteiger partial charge on any atom is 0.254 e. The topological polar surface area (TPSA) is 55.1 Å². The first-order valence-corrected chi connectivity index (χ1v) is 5.54. The third-order valence-electron chi connectivity index (χ3n) is 2.52. The van der Waals surface area contributed by atoms with E-state index in [1.807, 2.05) is 6.92 Å². The Bertz CT molecular complexity index is 396. The van der Waals surface area contributed by atoms with E-state index >= 15 is 0 Å². The summed E-state index contributed by atoms with van der Waals surface area (Å²) in [5, 5.41) is 2.51. The number of hydrogen-bond acceptors (Lipinski definition) is 2. The minimum atomic E-state index is -1.12. The minimum Gasteiger partial charge on any atom is -0.352 e. The van der Waals surface area contributed by atoms with Crippen molar-refractivity contribution in [2.24, 2.45) is 5.73 Å². The molecule has 17 heavy (non-hydrogen) atoms. The molecule has 0 saturated heterocycles. The zero-order valence-corrected chi connectivity index (χ0v) is 9.67. The van der Waals surface area contributed by atoms with E-state index in [1.54, 1.807) is 0 Å². The Morgan fingerprint density at radius 3 is 2.82 bits per heavy atom. The zero-order chi connectivity index (χ0) is 12.8. The monoisotopic (exact) mass is 242 g/mol. The van der Waals surface area contributed by atoms with E-state index in [1.165, 1.54) is 12.1 Å². The van der Waals surface area contributed by atoms with Crippen molar-refractivity contribution in [3.63, 3.8) is 0 Å². The Morgan fingerprint density at radius 1 is 1.47 bits per heavy atom. The average Bonchev–Trinajstić information content (AvgIpc) is 2.32. The summed E-state index contributed by atoms with van der Waals surface area (Å²) >= 11 is 0. The molecule has 1 rings (SSSR count). The Kier molecular flexibility index (Phi) is 5.03. The van der Waals surface area contributed by atoms with Crippen molar-refractivity contribution in [1.29, 1.82) is 0 Å². The highest BCUT2D eigenvalue weighted by atomic mass is 19.2. The van der Waals surface area contributed by atoms with Gasteiger partial charge >= 0.3 is 0 Å². The minimum absolute atomic E-state index is 0.00709. The van der Waals surface area contributed by atoms with Crippen LogP contribution in [-0.4, -0.2) is 18.5 Å². The first-order chi connectivity index (χ1) is 8.06. The van der Waals surface area contributed by atoms with Gasteiger partial charge in [-0.15, -0.1) is 0 Å². The van der Waals surface area contributed by atoms with E-state index in [0.717, 1.165) is 12.5 Å². The van der Waals surface area contributed by atoms with Crippen LogP contribution in [0.25, 0.3) is 0 Å². The largest absolute Gasteiger partial charge is 0.352 e. The van der Waals surface area contributed by atoms with Crippen LogP contribution in [0.3, 0.4) is 0 Å². The number of benzene rings is 1. The molecule has 1 aromatic rings. The van der Waals surface area contributed by atoms with Gasteiger partial charge in [-0.25, -0.2) is 8.78 Å². The number of nitrogens with one attached hydrogen (secondary N) is 1. The summed E-state index contributed by atoms with van der Waals surface area (Å²) in [6.07, 6.45) is 1.42. The second-order valence-corrected chi connectivity index (χ2v) is 3.81. The van der Waals surface area contributed by atoms with Crippen LogP contribution in [0.2, 0.25) is 0 Å². The smallest absolute Gasteiger partial charge is 0.254 e. The predicted molar refractivity (Wildman–Crippen MR) is 61.6 cm³/mol. The molecule has 0 aromatic heterocycles. The number of carbonyl (C=O) groups is 1. The van der Waals surface area contributed by atoms with Crippen LogP contribution in [-0.2, 0) is 0 Å². The van der Waals surface area contributed by atoms with Gasteiger partial charge in [-0.2, -0.15) is 0 Å². The maximum atomic E-state index is 13.2. The third-order valence-corrected chi connectivity index (χ3v) is 2.52. The lowest BCUT2D eigenvalue weighted by Gasteiger charge is -2.10. The third kappa shape index (κ3) is 3.78. The highest BCUT2D eigenvalue weighted by Crippen LogP contribution is 2.10. The molecule has 3 N–H and O–H groups in total. The number of rotatable bonds is 5. The molecule has 94 valence electrons. The van der Waals surface area contributed by atoms with Gasteiger partial charge in [0.1, 0.15) is 0 Å². The molecule has 5 heteroatoms. The standard InChI is InChI=1S/C12H16F2N2O/c1-2-8(15)6-7-16-12(17)9-4-3-5-10(13)11(9)14/h3-5,8H,2,6-7,15H2,1H3,(H,16,17). The highest BCUT2D eigenvalue weighted by molar-refractivity contribution is 5.94. The summed E-state index contributed by atoms with van der Waals surface area (Å²) in [6, 6.07) is 3.52. The molecule has 0 heterocycles. The van der Waals surface area contributed by atoms with Crippen molar-refractivity contribution in [2.75, 3.05) is 6.54 Å². The van der Waals surface area contributed by atoms with Crippen LogP contribution in [0.15, 0.2) is 18.2 Å². The van der Waals surface area contributed by atoms with Gasteiger partial charge in [0.2, 0.25) is 0 Å². The number of amides is 1. The fourth-order valence-electron chi connectivity index (χ4n) is 1.35. The molecule has 1 atom stereocenters. The summed E-state index contributed by atoms with van der Waals surface area (Å²) in [7, 11) is 0. The molecule has 0 aliphatic carbocycles. The Hall–Kier alpha value is -1.49. The molecule has 0 fully saturated rings. The van der Waals surface area contributed by atoms with Crippen molar-refractivity contribution in [3.8, 4) is 0 Å². The van der Waals surface area contributed by atoms with Crippen LogP contribution in [0, 0.1) is 11.6 Å². The number of carbonyl (C=O) groups excluding carboxylic acids is 1. The van der Waals surface area contributed by atoms with Crippen LogP contribution >= 0.6 is 0 Å². The molecule has 0 aliphatic heterocycles. The molecule has 3 nitrogen and oxygen atoms in total. The van der Waals surface area contributed by atoms with Gasteiger partial charge in [-0.3, -0.25) is 4.79 Å². The highest BCUT2D eigenvalue weighted by Gasteiger charge is 2.14. The Balaban J connectivity index is 2.56. The van der Waals surface area contributed by atoms with Gasteiger partial charge in [-0.1, -0.05) is 13.0 Å². The fraction of sp³-hybridized carbons (Fsp3) is 0.417. The van der Waals surface area contributed by atoms with Gasteiger partial charge in [0.05, 0.1) is 5.56 Å². The van der Waals surface area contributed by atoms with Crippen molar-refractivity contribution in [2.45, 2.75) is 25.8 Å². The summed E-state index contributed by atoms with van der Waals surface area (Å²) in [6.45, 7) is 2.29. The lowest BCUT2D eigenvalue weighted by atomic mass is 10.1. The summed E-state index contributed by atoms with van der Waals surface area (Å²) in [5.41, 5.74) is 5.38. The van der Waals surface area contributed by atoms with E-state index in [-0.39, 0.29) is 11.6 Å². The lowest BCUT2D eigenvalue weighted by Crippen LogP contribution is -2.30. The van der Waals surface area contributed by atoms with Gasteiger partial charge in [0.25, 0.3) is 5.91 Å². The number of halogens is 2. The van der Waals surface area contributed by atoms with Crippen molar-refractivity contribution < 1.29 is 13.6 Å². The SMILES string of the molecule is CCC(N)CCNC(=O)c1cccc(F)c1F. The van der Waals surface area contributed by atoms with Gasteiger partial charge in [0.15, 0.2) is 11.6 Å². The van der Waals surface area contributed by atoms with Crippen molar-refractivity contribution in [1.82, 2.24) is 5.32 Å². The van der Waals surface area contributed by atoms with E-state index in [0.29, 0.717) is 13.0 Å². The molecular weight excluding hydrogens is 226 g/mol. The first kappa shape index (κ1) is 13.6. The van der Waals surface area contributed by atoms with E-state index in [4.69, 9.17) is 5.73 Å². The van der Waals surface area contributed by atoms with Crippen molar-refractivity contribution >= 4 is 5.91 Å². The van der Waals surface area contributed by atoms with E-state index in [2.05, 4.69) is 5.32 Å². The van der Waals surface area contributed by atoms with E-state index < -0.39 is 17.5 Å². The van der Waals surface area contributed by atoms with Gasteiger partial charge in [-0.05, 0) is 25.0 Å². The van der Waals surface area contributed by atoms with Crippen LogP contribution in [0.1, 0.15) is 30.1 Å². The normalized spacial score (nSPS) is 12.2. The van der Waals surface area contributed by atoms with Crippen LogP contribution in [0.5, 0.6) is 0 Å². The second kappa shape index (κ2) is 6.30. The summed E-state index contributed by atoms with van der Waals surface area (Å²) < 4.78 is 26.1. The number of hydrogen-bond donors (Lipinski definition) is 2. The van der Waals surface area contributed by atoms with Crippen LogP contribution in [0.4, 0.5) is 8.78 Å². The molecule has 1 amide bonds. The molecule has 0 bridgehead atoms. The lowest BCUT2D eigenvalue weighted by molar-refractivity contribution is 0.0947. The average molecular weight is 242 g/mol. The Morgan fingerprint density at radius 2 is 2.18 bits per heavy atom. The first-order valence-electron chi connectivity index (χ1n) is 5.54. The molecular formula is C12H16F2N2O. The molecule has 1 aromatic carbocycles. The quantitative estimate of drug-likeness (QED) is 0.827. The molecule has 1 unspecified atom stereocenters. The number of nitrogens with two attached hydrogens (primary N) is 1.